The Morgan fingerprint density at radius 1 is 0.694 bits per heavy atom. The van der Waals surface area contributed by atoms with Gasteiger partial charge in [-0.05, 0) is 88.7 Å². The molecule has 0 saturated heterocycles. The van der Waals surface area contributed by atoms with Gasteiger partial charge in [0.25, 0.3) is 0 Å². The molecule has 0 radical (unpaired) electrons. The van der Waals surface area contributed by atoms with Crippen molar-refractivity contribution in [3.8, 4) is 17.1 Å². The van der Waals surface area contributed by atoms with Crippen molar-refractivity contribution in [1.82, 2.24) is 18.7 Å². The molecule has 0 bridgehead atoms. The fourth-order valence-corrected chi connectivity index (χ4v) is 7.06. The van der Waals surface area contributed by atoms with Crippen molar-refractivity contribution in [2.24, 2.45) is 4.99 Å². The minimum Gasteiger partial charge on any atom is -0.456 e. The zero-order chi connectivity index (χ0) is 33.2. The van der Waals surface area contributed by atoms with Crippen LogP contribution in [0.3, 0.4) is 0 Å². The van der Waals surface area contributed by atoms with Gasteiger partial charge in [0.2, 0.25) is 5.62 Å². The first-order valence-electron chi connectivity index (χ1n) is 15.7. The maximum absolute atomic E-state index is 14.7. The summed E-state index contributed by atoms with van der Waals surface area (Å²) >= 11 is 3.70. The van der Waals surface area contributed by atoms with E-state index < -0.39 is 0 Å². The number of H-pyrrole nitrogens is 1. The van der Waals surface area contributed by atoms with Gasteiger partial charge in [-0.25, -0.2) is 9.79 Å². The number of benzene rings is 6. The Labute approximate surface area is 286 Å². The predicted octanol–water partition coefficient (Wildman–Crippen LogP) is 8.77. The molecule has 9 rings (SSSR count). The molecule has 6 aromatic carbocycles. The number of imidazole rings is 2. The summed E-state index contributed by atoms with van der Waals surface area (Å²) in [4.78, 5) is 23.2. The second kappa shape index (κ2) is 11.3. The second-order valence-electron chi connectivity index (χ2n) is 11.8. The van der Waals surface area contributed by atoms with E-state index in [2.05, 4.69) is 25.5 Å². The number of hydrogen-bond acceptors (Lipinski definition) is 5. The average Bonchev–Trinajstić information content (AvgIpc) is 3.77. The lowest BCUT2D eigenvalue weighted by Crippen LogP contribution is -2.24. The third-order valence-electron chi connectivity index (χ3n) is 8.84. The van der Waals surface area contributed by atoms with E-state index in [9.17, 15) is 10.0 Å². The van der Waals surface area contributed by atoms with Gasteiger partial charge in [-0.15, -0.1) is 0 Å². The molecule has 238 valence electrons. The number of halogens is 1. The van der Waals surface area contributed by atoms with Crippen LogP contribution in [-0.4, -0.2) is 30.9 Å². The van der Waals surface area contributed by atoms with Crippen LogP contribution in [0, 0.1) is 0 Å². The number of aromatic amines is 1. The van der Waals surface area contributed by atoms with Crippen LogP contribution in [0.15, 0.2) is 152 Å². The Balaban J connectivity index is 1.30. The van der Waals surface area contributed by atoms with E-state index in [4.69, 9.17) is 9.41 Å². The third kappa shape index (κ3) is 4.64. The van der Waals surface area contributed by atoms with Crippen molar-refractivity contribution in [2.45, 2.75) is 0 Å². The first kappa shape index (κ1) is 29.1. The summed E-state index contributed by atoms with van der Waals surface area (Å²) < 4.78 is 12.1. The quantitative estimate of drug-likeness (QED) is 0.175. The van der Waals surface area contributed by atoms with Gasteiger partial charge in [0.05, 0.1) is 44.8 Å². The molecule has 0 spiro atoms. The van der Waals surface area contributed by atoms with Crippen LogP contribution in [0.5, 0.6) is 0 Å². The Bertz CT molecular complexity index is 2860. The molecule has 10 heteroatoms. The van der Waals surface area contributed by atoms with Crippen LogP contribution in [0.25, 0.3) is 61.1 Å². The highest BCUT2D eigenvalue weighted by Gasteiger charge is 2.22. The molecule has 0 fully saturated rings. The third-order valence-corrected chi connectivity index (χ3v) is 9.48. The molecule has 3 heterocycles. The van der Waals surface area contributed by atoms with Crippen LogP contribution in [0.4, 0.5) is 11.4 Å². The molecule has 0 atom stereocenters. The molecule has 0 saturated carbocycles. The molecule has 3 aromatic heterocycles. The number of hydrogen-bond donors (Lipinski definition) is 2. The minimum absolute atomic E-state index is 0.297. The fraction of sp³-hybridized carbons (Fsp3) is 0.0256. The van der Waals surface area contributed by atoms with Gasteiger partial charge in [-0.1, -0.05) is 60.7 Å². The zero-order valence-electron chi connectivity index (χ0n) is 26.1. The maximum atomic E-state index is 14.7. The molecule has 9 nitrogen and oxygen atoms in total. The Morgan fingerprint density at radius 3 is 2.16 bits per heavy atom. The topological polar surface area (TPSA) is 96.6 Å². The van der Waals surface area contributed by atoms with Gasteiger partial charge in [-0.2, -0.15) is 0 Å². The Morgan fingerprint density at radius 2 is 1.37 bits per heavy atom. The smallest absolute Gasteiger partial charge is 0.338 e. The number of fused-ring (bicyclic) bond motifs is 5. The molecular formula is C39H27BrN6O3. The van der Waals surface area contributed by atoms with Gasteiger partial charge < -0.3 is 9.40 Å². The summed E-state index contributed by atoms with van der Waals surface area (Å²) in [5, 5.41) is 13.8. The molecule has 49 heavy (non-hydrogen) atoms. The van der Waals surface area contributed by atoms with E-state index >= 15 is 0 Å². The first-order chi connectivity index (χ1) is 24.0. The molecule has 9 aromatic rings. The van der Waals surface area contributed by atoms with Crippen molar-refractivity contribution < 1.29 is 9.62 Å². The maximum Gasteiger partial charge on any atom is 0.338 e. The van der Waals surface area contributed by atoms with E-state index in [0.717, 1.165) is 43.7 Å². The first-order valence-corrected chi connectivity index (χ1v) is 16.5. The number of anilines is 1. The standard InChI is InChI=1S/C39H27BrN6O3/c1-43(48)34-22-28(40)30(42-38-41-29-14-6-7-15-31(29)44(38)24-11-3-2-4-12-24)23-35(34)46-33-17-9-8-16-32(33)45(39(46)47)25-19-20-37-27(21-25)26-13-5-10-18-36(26)49-37/h2-23,48H,1H3,(H,41,42). The molecule has 2 N–H and O–H groups in total. The summed E-state index contributed by atoms with van der Waals surface area (Å²) in [5.74, 6) is 0. The van der Waals surface area contributed by atoms with Crippen LogP contribution < -0.4 is 16.4 Å². The van der Waals surface area contributed by atoms with Crippen molar-refractivity contribution in [3.63, 3.8) is 0 Å². The van der Waals surface area contributed by atoms with E-state index in [0.29, 0.717) is 43.9 Å². The number of nitrogens with one attached hydrogen (secondary N) is 1. The number of para-hydroxylation sites is 6. The SMILES string of the molecule is CN(O)c1cc(Br)c(N=c2[nH]c3ccccc3n2-c2ccccc2)cc1-n1c(=O)n(-c2ccc3oc4ccccc4c3c2)c2ccccc21. The highest BCUT2D eigenvalue weighted by atomic mass is 79.9. The van der Waals surface area contributed by atoms with Crippen molar-refractivity contribution in [2.75, 3.05) is 12.1 Å². The minimum atomic E-state index is -0.297. The van der Waals surface area contributed by atoms with Crippen LogP contribution >= 0.6 is 15.9 Å². The van der Waals surface area contributed by atoms with E-state index in [-0.39, 0.29) is 5.69 Å². The van der Waals surface area contributed by atoms with Gasteiger partial charge in [0, 0.05) is 28.0 Å². The number of furan rings is 1. The van der Waals surface area contributed by atoms with Gasteiger partial charge >= 0.3 is 5.69 Å². The van der Waals surface area contributed by atoms with Crippen molar-refractivity contribution >= 4 is 71.3 Å². The number of rotatable bonds is 5. The van der Waals surface area contributed by atoms with Crippen LogP contribution in [-0.2, 0) is 0 Å². The lowest BCUT2D eigenvalue weighted by Gasteiger charge is -2.18. The van der Waals surface area contributed by atoms with Crippen molar-refractivity contribution in [3.05, 3.63) is 154 Å². The summed E-state index contributed by atoms with van der Waals surface area (Å²) in [6.45, 7) is 0. The zero-order valence-corrected chi connectivity index (χ0v) is 27.7. The summed E-state index contributed by atoms with van der Waals surface area (Å²) in [6.07, 6.45) is 0. The monoisotopic (exact) mass is 706 g/mol. The largest absolute Gasteiger partial charge is 0.456 e. The molecule has 0 unspecified atom stereocenters. The average molecular weight is 708 g/mol. The Kier molecular flexibility index (Phi) is 6.68. The normalized spacial score (nSPS) is 12.2. The summed E-state index contributed by atoms with van der Waals surface area (Å²) in [6, 6.07) is 42.9. The molecule has 0 amide bonds. The second-order valence-corrected chi connectivity index (χ2v) is 12.6. The highest BCUT2D eigenvalue weighted by molar-refractivity contribution is 9.10. The van der Waals surface area contributed by atoms with Crippen LogP contribution in [0.1, 0.15) is 0 Å². The Hall–Kier alpha value is -6.10. The van der Waals surface area contributed by atoms with Gasteiger partial charge in [0.15, 0.2) is 0 Å². The summed E-state index contributed by atoms with van der Waals surface area (Å²) in [5.41, 5.74) is 8.20. The molecular weight excluding hydrogens is 680 g/mol. The predicted molar refractivity (Wildman–Crippen MR) is 197 cm³/mol. The number of nitrogens with zero attached hydrogens (tertiary/aromatic N) is 5. The molecule has 0 aliphatic heterocycles. The van der Waals surface area contributed by atoms with E-state index in [1.165, 1.54) is 7.05 Å². The van der Waals surface area contributed by atoms with Crippen LogP contribution in [0.2, 0.25) is 0 Å². The molecule has 0 aliphatic rings. The fourth-order valence-electron chi connectivity index (χ4n) is 6.64. The van der Waals surface area contributed by atoms with Gasteiger partial charge in [-0.3, -0.25) is 24.0 Å². The lowest BCUT2D eigenvalue weighted by molar-refractivity contribution is 0.279. The van der Waals surface area contributed by atoms with Crippen molar-refractivity contribution in [1.29, 1.82) is 0 Å². The number of aromatic nitrogens is 4. The highest BCUT2D eigenvalue weighted by Crippen LogP contribution is 2.37. The number of hydroxylamine groups is 1. The van der Waals surface area contributed by atoms with Gasteiger partial charge in [0.1, 0.15) is 11.2 Å². The van der Waals surface area contributed by atoms with E-state index in [1.807, 2.05) is 127 Å². The lowest BCUT2D eigenvalue weighted by atomic mass is 10.1. The summed E-state index contributed by atoms with van der Waals surface area (Å²) in [7, 11) is 1.53. The molecule has 0 aliphatic carbocycles. The van der Waals surface area contributed by atoms with E-state index in [1.54, 1.807) is 15.2 Å².